The van der Waals surface area contributed by atoms with Gasteiger partial charge in [0.15, 0.2) is 5.16 Å². The number of nitrogens with one attached hydrogen (secondary N) is 1. The van der Waals surface area contributed by atoms with Crippen LogP contribution in [0.15, 0.2) is 58.5 Å². The number of fused-ring (bicyclic) bond motifs is 1. The van der Waals surface area contributed by atoms with Crippen LogP contribution < -0.4 is 10.9 Å². The van der Waals surface area contributed by atoms with Gasteiger partial charge in [-0.3, -0.25) is 19.0 Å². The Morgan fingerprint density at radius 2 is 1.86 bits per heavy atom. The first-order valence-electron chi connectivity index (χ1n) is 9.11. The average molecular weight is 411 g/mol. The number of rotatable bonds is 7. The molecule has 2 aromatic carbocycles. The Labute approximate surface area is 172 Å². The SMILES string of the molecule is CCc1ccc(-n2c(SCC(=O)NCC(=O)OC)nc3ccccc3c2=O)cc1. The summed E-state index contributed by atoms with van der Waals surface area (Å²) in [6.07, 6.45) is 0.896. The number of benzene rings is 2. The van der Waals surface area contributed by atoms with Crippen molar-refractivity contribution in [3.05, 3.63) is 64.4 Å². The second-order valence-electron chi connectivity index (χ2n) is 6.21. The van der Waals surface area contributed by atoms with Crippen LogP contribution in [0.1, 0.15) is 12.5 Å². The predicted molar refractivity (Wildman–Crippen MR) is 112 cm³/mol. The maximum Gasteiger partial charge on any atom is 0.325 e. The molecule has 0 radical (unpaired) electrons. The zero-order valence-corrected chi connectivity index (χ0v) is 17.0. The number of ether oxygens (including phenoxy) is 1. The zero-order chi connectivity index (χ0) is 20.8. The number of para-hydroxylation sites is 1. The van der Waals surface area contributed by atoms with Gasteiger partial charge in [-0.05, 0) is 36.2 Å². The number of carbonyl (C=O) groups excluding carboxylic acids is 2. The molecule has 0 saturated heterocycles. The largest absolute Gasteiger partial charge is 0.468 e. The summed E-state index contributed by atoms with van der Waals surface area (Å²) in [5.41, 5.74) is 2.21. The van der Waals surface area contributed by atoms with E-state index in [1.165, 1.54) is 11.7 Å². The van der Waals surface area contributed by atoms with Crippen LogP contribution in [0.4, 0.5) is 0 Å². The van der Waals surface area contributed by atoms with E-state index in [9.17, 15) is 14.4 Å². The summed E-state index contributed by atoms with van der Waals surface area (Å²) < 4.78 is 6.02. The first-order valence-corrected chi connectivity index (χ1v) is 10.1. The van der Waals surface area contributed by atoms with E-state index in [4.69, 9.17) is 0 Å². The minimum absolute atomic E-state index is 0.00875. The third kappa shape index (κ3) is 4.83. The minimum Gasteiger partial charge on any atom is -0.468 e. The number of hydrogen-bond donors (Lipinski definition) is 1. The van der Waals surface area contributed by atoms with Gasteiger partial charge in [0, 0.05) is 0 Å². The minimum atomic E-state index is -0.528. The number of aryl methyl sites for hydroxylation is 1. The summed E-state index contributed by atoms with van der Waals surface area (Å²) in [6.45, 7) is 1.86. The van der Waals surface area contributed by atoms with Crippen molar-refractivity contribution in [3.63, 3.8) is 0 Å². The molecule has 0 aliphatic rings. The molecule has 7 nitrogen and oxygen atoms in total. The van der Waals surface area contributed by atoms with Crippen LogP contribution in [0.2, 0.25) is 0 Å². The monoisotopic (exact) mass is 411 g/mol. The van der Waals surface area contributed by atoms with Gasteiger partial charge in [0.25, 0.3) is 5.56 Å². The topological polar surface area (TPSA) is 90.3 Å². The molecule has 3 aromatic rings. The van der Waals surface area contributed by atoms with Crippen molar-refractivity contribution in [2.45, 2.75) is 18.5 Å². The van der Waals surface area contributed by atoms with E-state index < -0.39 is 5.97 Å². The van der Waals surface area contributed by atoms with Crippen LogP contribution >= 0.6 is 11.8 Å². The molecule has 0 saturated carbocycles. The average Bonchev–Trinajstić information content (AvgIpc) is 2.76. The van der Waals surface area contributed by atoms with Crippen molar-refractivity contribution in [1.29, 1.82) is 0 Å². The third-order valence-corrected chi connectivity index (χ3v) is 5.28. The van der Waals surface area contributed by atoms with Crippen molar-refractivity contribution < 1.29 is 14.3 Å². The molecule has 0 bridgehead atoms. The van der Waals surface area contributed by atoms with E-state index >= 15 is 0 Å². The Hall–Kier alpha value is -3.13. The lowest BCUT2D eigenvalue weighted by molar-refractivity contribution is -0.140. The van der Waals surface area contributed by atoms with Crippen LogP contribution in [0.25, 0.3) is 16.6 Å². The van der Waals surface area contributed by atoms with Crippen LogP contribution in [0.5, 0.6) is 0 Å². The molecular formula is C21H21N3O4S. The highest BCUT2D eigenvalue weighted by molar-refractivity contribution is 7.99. The molecule has 1 amide bonds. The Morgan fingerprint density at radius 1 is 1.14 bits per heavy atom. The van der Waals surface area contributed by atoms with Crippen molar-refractivity contribution in [3.8, 4) is 5.69 Å². The quantitative estimate of drug-likeness (QED) is 0.365. The Morgan fingerprint density at radius 3 is 2.55 bits per heavy atom. The van der Waals surface area contributed by atoms with Crippen LogP contribution in [-0.2, 0) is 20.7 Å². The van der Waals surface area contributed by atoms with Gasteiger partial charge in [-0.25, -0.2) is 4.98 Å². The van der Waals surface area contributed by atoms with Gasteiger partial charge in [0.2, 0.25) is 5.91 Å². The second kappa shape index (κ2) is 9.38. The highest BCUT2D eigenvalue weighted by Gasteiger charge is 2.15. The molecular weight excluding hydrogens is 390 g/mol. The lowest BCUT2D eigenvalue weighted by Crippen LogP contribution is -2.31. The second-order valence-corrected chi connectivity index (χ2v) is 7.16. The molecule has 8 heteroatoms. The number of carbonyl (C=O) groups is 2. The molecule has 29 heavy (non-hydrogen) atoms. The number of esters is 1. The number of hydrogen-bond acceptors (Lipinski definition) is 6. The standard InChI is InChI=1S/C21H21N3O4S/c1-3-14-8-10-15(11-9-14)24-20(27)16-6-4-5-7-17(16)23-21(24)29-13-18(25)22-12-19(26)28-2/h4-11H,3,12-13H2,1-2H3,(H,22,25). The fraction of sp³-hybridized carbons (Fsp3) is 0.238. The van der Waals surface area contributed by atoms with Crippen molar-refractivity contribution in [2.75, 3.05) is 19.4 Å². The number of thioether (sulfide) groups is 1. The van der Waals surface area contributed by atoms with Crippen LogP contribution in [0.3, 0.4) is 0 Å². The normalized spacial score (nSPS) is 10.7. The van der Waals surface area contributed by atoms with Crippen LogP contribution in [-0.4, -0.2) is 40.8 Å². The van der Waals surface area contributed by atoms with Gasteiger partial charge >= 0.3 is 5.97 Å². The van der Waals surface area contributed by atoms with Crippen molar-refractivity contribution in [2.24, 2.45) is 0 Å². The lowest BCUT2D eigenvalue weighted by atomic mass is 10.1. The Balaban J connectivity index is 1.95. The van der Waals surface area contributed by atoms with Gasteiger partial charge in [0.05, 0.1) is 29.5 Å². The number of methoxy groups -OCH3 is 1. The summed E-state index contributed by atoms with van der Waals surface area (Å²) >= 11 is 1.14. The highest BCUT2D eigenvalue weighted by atomic mass is 32.2. The maximum absolute atomic E-state index is 13.2. The molecule has 3 rings (SSSR count). The summed E-state index contributed by atoms with van der Waals surface area (Å²) in [5.74, 6) is -0.870. The zero-order valence-electron chi connectivity index (χ0n) is 16.2. The Kier molecular flexibility index (Phi) is 6.66. The van der Waals surface area contributed by atoms with Crippen molar-refractivity contribution in [1.82, 2.24) is 14.9 Å². The van der Waals surface area contributed by atoms with E-state index in [0.717, 1.165) is 23.7 Å². The molecule has 0 atom stereocenters. The molecule has 150 valence electrons. The van der Waals surface area contributed by atoms with Gasteiger partial charge in [-0.1, -0.05) is 43.0 Å². The molecule has 1 N–H and O–H groups in total. The fourth-order valence-corrected chi connectivity index (χ4v) is 3.58. The highest BCUT2D eigenvalue weighted by Crippen LogP contribution is 2.21. The number of nitrogens with zero attached hydrogens (tertiary/aromatic N) is 2. The van der Waals surface area contributed by atoms with Gasteiger partial charge in [-0.2, -0.15) is 0 Å². The maximum atomic E-state index is 13.2. The van der Waals surface area contributed by atoms with Gasteiger partial charge in [-0.15, -0.1) is 0 Å². The third-order valence-electron chi connectivity index (χ3n) is 4.34. The molecule has 0 aliphatic carbocycles. The number of aromatic nitrogens is 2. The van der Waals surface area contributed by atoms with E-state index in [-0.39, 0.29) is 23.8 Å². The van der Waals surface area contributed by atoms with E-state index in [0.29, 0.717) is 21.7 Å². The van der Waals surface area contributed by atoms with E-state index in [1.807, 2.05) is 30.3 Å². The molecule has 0 spiro atoms. The van der Waals surface area contributed by atoms with Crippen molar-refractivity contribution >= 4 is 34.5 Å². The predicted octanol–water partition coefficient (Wildman–Crippen LogP) is 2.33. The lowest BCUT2D eigenvalue weighted by Gasteiger charge is -2.13. The molecule has 0 aliphatic heterocycles. The first kappa shape index (κ1) is 20.6. The summed E-state index contributed by atoms with van der Waals surface area (Å²) in [5, 5.41) is 3.39. The summed E-state index contributed by atoms with van der Waals surface area (Å²) in [6, 6.07) is 14.8. The molecule has 0 fully saturated rings. The van der Waals surface area contributed by atoms with Crippen LogP contribution in [0, 0.1) is 0 Å². The molecule has 0 unspecified atom stereocenters. The number of amides is 1. The van der Waals surface area contributed by atoms with Gasteiger partial charge in [0.1, 0.15) is 6.54 Å². The van der Waals surface area contributed by atoms with E-state index in [2.05, 4.69) is 22.0 Å². The first-order chi connectivity index (χ1) is 14.0. The summed E-state index contributed by atoms with van der Waals surface area (Å²) in [4.78, 5) is 41.0. The fourth-order valence-electron chi connectivity index (χ4n) is 2.74. The molecule has 1 aromatic heterocycles. The summed E-state index contributed by atoms with van der Waals surface area (Å²) in [7, 11) is 1.25. The molecule has 1 heterocycles. The Bertz CT molecular complexity index is 1090. The van der Waals surface area contributed by atoms with E-state index in [1.54, 1.807) is 18.2 Å². The van der Waals surface area contributed by atoms with Gasteiger partial charge < -0.3 is 10.1 Å². The smallest absolute Gasteiger partial charge is 0.325 e.